The molecule has 3 nitrogen and oxygen atoms in total. The Kier molecular flexibility index (Phi) is 4.31. The van der Waals surface area contributed by atoms with E-state index in [4.69, 9.17) is 5.73 Å². The highest BCUT2D eigenvalue weighted by atomic mass is 32.1. The van der Waals surface area contributed by atoms with Crippen molar-refractivity contribution in [2.45, 2.75) is 39.7 Å². The van der Waals surface area contributed by atoms with E-state index in [2.05, 4.69) is 20.8 Å². The maximum absolute atomic E-state index is 12.4. The van der Waals surface area contributed by atoms with E-state index in [1.807, 2.05) is 22.4 Å². The minimum atomic E-state index is 0.116. The van der Waals surface area contributed by atoms with Crippen LogP contribution < -0.4 is 5.73 Å². The Labute approximate surface area is 119 Å². The third-order valence-corrected chi connectivity index (χ3v) is 4.35. The fourth-order valence-electron chi connectivity index (χ4n) is 2.98. The molecule has 4 heteroatoms. The van der Waals surface area contributed by atoms with E-state index in [1.165, 1.54) is 11.3 Å². The third-order valence-electron chi connectivity index (χ3n) is 3.49. The van der Waals surface area contributed by atoms with Gasteiger partial charge in [-0.05, 0) is 35.6 Å². The van der Waals surface area contributed by atoms with Crippen molar-refractivity contribution in [3.63, 3.8) is 0 Å². The molecule has 0 aromatic carbocycles. The van der Waals surface area contributed by atoms with Crippen LogP contribution in [-0.2, 0) is 0 Å². The summed E-state index contributed by atoms with van der Waals surface area (Å²) in [7, 11) is 0. The molecule has 1 saturated heterocycles. The number of hydrogen-bond acceptors (Lipinski definition) is 3. The summed E-state index contributed by atoms with van der Waals surface area (Å²) in [6, 6.07) is 3.94. The lowest BCUT2D eigenvalue weighted by Crippen LogP contribution is -2.49. The second-order valence-electron chi connectivity index (χ2n) is 6.81. The fraction of sp³-hybridized carbons (Fsp3) is 0.667. The number of nitrogens with two attached hydrogens (primary N) is 1. The molecule has 2 atom stereocenters. The van der Waals surface area contributed by atoms with Crippen LogP contribution in [0, 0.1) is 11.3 Å². The summed E-state index contributed by atoms with van der Waals surface area (Å²) in [5.74, 6) is 0.664. The monoisotopic (exact) mass is 280 g/mol. The molecule has 2 N–H and O–H groups in total. The average molecular weight is 280 g/mol. The number of amides is 1. The molecule has 1 amide bonds. The first-order chi connectivity index (χ1) is 8.85. The lowest BCUT2D eigenvalue weighted by Gasteiger charge is -2.38. The van der Waals surface area contributed by atoms with Gasteiger partial charge in [-0.1, -0.05) is 26.8 Å². The molecule has 1 aliphatic heterocycles. The molecular formula is C15H24N2OS. The van der Waals surface area contributed by atoms with Crippen molar-refractivity contribution in [2.75, 3.05) is 13.1 Å². The van der Waals surface area contributed by atoms with Gasteiger partial charge in [-0.15, -0.1) is 11.3 Å². The number of likely N-dealkylation sites (tertiary alicyclic amines) is 1. The number of hydrogen-bond donors (Lipinski definition) is 1. The smallest absolute Gasteiger partial charge is 0.263 e. The van der Waals surface area contributed by atoms with Crippen LogP contribution in [0.2, 0.25) is 0 Å². The molecule has 1 aromatic heterocycles. The molecule has 1 fully saturated rings. The van der Waals surface area contributed by atoms with Crippen molar-refractivity contribution in [1.82, 2.24) is 4.90 Å². The summed E-state index contributed by atoms with van der Waals surface area (Å²) in [6.07, 6.45) is 2.15. The summed E-state index contributed by atoms with van der Waals surface area (Å²) in [5.41, 5.74) is 6.43. The van der Waals surface area contributed by atoms with E-state index in [9.17, 15) is 4.79 Å². The molecule has 0 bridgehead atoms. The zero-order valence-corrected chi connectivity index (χ0v) is 12.9. The summed E-state index contributed by atoms with van der Waals surface area (Å²) >= 11 is 1.51. The van der Waals surface area contributed by atoms with Gasteiger partial charge < -0.3 is 10.6 Å². The van der Waals surface area contributed by atoms with E-state index in [1.54, 1.807) is 0 Å². The van der Waals surface area contributed by atoms with Crippen molar-refractivity contribution < 1.29 is 4.79 Å². The van der Waals surface area contributed by atoms with Crippen LogP contribution in [0.1, 0.15) is 43.3 Å². The Morgan fingerprint density at radius 1 is 1.47 bits per heavy atom. The predicted molar refractivity (Wildman–Crippen MR) is 80.4 cm³/mol. The molecule has 0 radical (unpaired) electrons. The number of nitrogens with zero attached hydrogens (tertiary/aromatic N) is 1. The Morgan fingerprint density at radius 2 is 2.21 bits per heavy atom. The summed E-state index contributed by atoms with van der Waals surface area (Å²) in [5, 5.41) is 1.95. The average Bonchev–Trinajstić information content (AvgIpc) is 2.77. The third kappa shape index (κ3) is 4.05. The number of carbonyl (C=O) groups is 1. The van der Waals surface area contributed by atoms with Gasteiger partial charge in [-0.25, -0.2) is 0 Å². The van der Waals surface area contributed by atoms with Crippen LogP contribution in [0.5, 0.6) is 0 Å². The fourth-order valence-corrected chi connectivity index (χ4v) is 3.67. The molecule has 106 valence electrons. The molecular weight excluding hydrogens is 256 g/mol. The van der Waals surface area contributed by atoms with E-state index in [0.29, 0.717) is 17.9 Å². The highest BCUT2D eigenvalue weighted by Crippen LogP contribution is 2.30. The highest BCUT2D eigenvalue weighted by molar-refractivity contribution is 7.12. The maximum Gasteiger partial charge on any atom is 0.263 e. The Bertz CT molecular complexity index is 422. The molecule has 1 aliphatic rings. The SMILES string of the molecule is CC(C)(C)CC1CC(N)CN(C(=O)c2cccs2)C1. The minimum Gasteiger partial charge on any atom is -0.336 e. The van der Waals surface area contributed by atoms with Gasteiger partial charge in [0.05, 0.1) is 4.88 Å². The Morgan fingerprint density at radius 3 is 2.79 bits per heavy atom. The maximum atomic E-state index is 12.4. The first kappa shape index (κ1) is 14.5. The van der Waals surface area contributed by atoms with Gasteiger partial charge in [0.25, 0.3) is 5.91 Å². The summed E-state index contributed by atoms with van der Waals surface area (Å²) < 4.78 is 0. The van der Waals surface area contributed by atoms with Gasteiger partial charge in [-0.3, -0.25) is 4.79 Å². The first-order valence-electron chi connectivity index (χ1n) is 6.93. The van der Waals surface area contributed by atoms with Crippen molar-refractivity contribution in [2.24, 2.45) is 17.1 Å². The Balaban J connectivity index is 2.03. The van der Waals surface area contributed by atoms with Crippen LogP contribution in [0.3, 0.4) is 0 Å². The van der Waals surface area contributed by atoms with Gasteiger partial charge in [0.1, 0.15) is 0 Å². The van der Waals surface area contributed by atoms with Crippen molar-refractivity contribution >= 4 is 17.2 Å². The highest BCUT2D eigenvalue weighted by Gasteiger charge is 2.31. The standard InChI is InChI=1S/C15H24N2OS/c1-15(2,3)8-11-7-12(16)10-17(9-11)14(18)13-5-4-6-19-13/h4-6,11-12H,7-10,16H2,1-3H3. The number of thiophene rings is 1. The topological polar surface area (TPSA) is 46.3 Å². The number of rotatable bonds is 2. The summed E-state index contributed by atoms with van der Waals surface area (Å²) in [4.78, 5) is 15.2. The van der Waals surface area contributed by atoms with Crippen molar-refractivity contribution in [3.05, 3.63) is 22.4 Å². The molecule has 19 heavy (non-hydrogen) atoms. The predicted octanol–water partition coefficient (Wildman–Crippen LogP) is 2.97. The Hall–Kier alpha value is -0.870. The quantitative estimate of drug-likeness (QED) is 0.905. The van der Waals surface area contributed by atoms with Gasteiger partial charge in [0, 0.05) is 19.1 Å². The van der Waals surface area contributed by atoms with Crippen LogP contribution in [-0.4, -0.2) is 29.9 Å². The number of piperidine rings is 1. The summed E-state index contributed by atoms with van der Waals surface area (Å²) in [6.45, 7) is 8.29. The molecule has 0 saturated carbocycles. The van der Waals surface area contributed by atoms with Gasteiger partial charge in [0.2, 0.25) is 0 Å². The van der Waals surface area contributed by atoms with E-state index in [0.717, 1.165) is 24.3 Å². The normalized spacial score (nSPS) is 24.5. The zero-order valence-electron chi connectivity index (χ0n) is 12.1. The lowest BCUT2D eigenvalue weighted by atomic mass is 9.80. The van der Waals surface area contributed by atoms with Crippen molar-refractivity contribution in [3.8, 4) is 0 Å². The van der Waals surface area contributed by atoms with Crippen LogP contribution in [0.4, 0.5) is 0 Å². The van der Waals surface area contributed by atoms with Crippen LogP contribution in [0.15, 0.2) is 17.5 Å². The van der Waals surface area contributed by atoms with E-state index in [-0.39, 0.29) is 11.9 Å². The first-order valence-corrected chi connectivity index (χ1v) is 7.81. The molecule has 0 aliphatic carbocycles. The molecule has 2 heterocycles. The van der Waals surface area contributed by atoms with E-state index < -0.39 is 0 Å². The minimum absolute atomic E-state index is 0.116. The van der Waals surface area contributed by atoms with Gasteiger partial charge >= 0.3 is 0 Å². The van der Waals surface area contributed by atoms with Gasteiger partial charge in [0.15, 0.2) is 0 Å². The second-order valence-corrected chi connectivity index (χ2v) is 7.76. The van der Waals surface area contributed by atoms with Gasteiger partial charge in [-0.2, -0.15) is 0 Å². The molecule has 2 rings (SSSR count). The van der Waals surface area contributed by atoms with E-state index >= 15 is 0 Å². The lowest BCUT2D eigenvalue weighted by molar-refractivity contribution is 0.0617. The largest absolute Gasteiger partial charge is 0.336 e. The number of carbonyl (C=O) groups excluding carboxylic acids is 1. The van der Waals surface area contributed by atoms with Crippen LogP contribution in [0.25, 0.3) is 0 Å². The molecule has 1 aromatic rings. The second kappa shape index (κ2) is 5.63. The van der Waals surface area contributed by atoms with Crippen molar-refractivity contribution in [1.29, 1.82) is 0 Å². The zero-order chi connectivity index (χ0) is 14.0. The van der Waals surface area contributed by atoms with Crippen LogP contribution >= 0.6 is 11.3 Å². The molecule has 2 unspecified atom stereocenters. The molecule has 0 spiro atoms.